The predicted molar refractivity (Wildman–Crippen MR) is 96.1 cm³/mol. The van der Waals surface area contributed by atoms with Crippen molar-refractivity contribution in [2.45, 2.75) is 25.0 Å². The molecule has 0 fully saturated rings. The number of aryl methyl sites for hydroxylation is 2. The van der Waals surface area contributed by atoms with Crippen molar-refractivity contribution >= 4 is 22.7 Å². The van der Waals surface area contributed by atoms with Crippen LogP contribution in [0.5, 0.6) is 0 Å². The number of H-pyrrole nitrogens is 1. The molecule has 26 heavy (non-hydrogen) atoms. The topological polar surface area (TPSA) is 111 Å². The number of carbonyl (C=O) groups is 1. The Morgan fingerprint density at radius 3 is 2.54 bits per heavy atom. The zero-order valence-corrected chi connectivity index (χ0v) is 15.1. The molecule has 3 aromatic rings. The number of rotatable bonds is 6. The summed E-state index contributed by atoms with van der Waals surface area (Å²) >= 11 is -2.74. The number of aromatic amines is 1. The van der Waals surface area contributed by atoms with Gasteiger partial charge in [-0.1, -0.05) is 35.5 Å². The van der Waals surface area contributed by atoms with E-state index >= 15 is 0 Å². The Kier molecular flexibility index (Phi) is 5.06. The Bertz CT molecular complexity index is 902. The Balaban J connectivity index is 2.07. The van der Waals surface area contributed by atoms with Crippen LogP contribution in [0.1, 0.15) is 22.7 Å². The van der Waals surface area contributed by atoms with E-state index in [2.05, 4.69) is 15.5 Å². The van der Waals surface area contributed by atoms with E-state index in [-0.39, 0.29) is 6.42 Å². The SMILES string of the molecule is Cc1noc(C)c1NC(=O)C(Cc1ccccc1)(c1ccc[nH]1)S(=O)[O-]. The highest BCUT2D eigenvalue weighted by Crippen LogP contribution is 2.33. The molecule has 1 aromatic carbocycles. The molecule has 0 spiro atoms. The summed E-state index contributed by atoms with van der Waals surface area (Å²) in [7, 11) is 0. The lowest BCUT2D eigenvalue weighted by atomic mass is 9.94. The average molecular weight is 372 g/mol. The predicted octanol–water partition coefficient (Wildman–Crippen LogP) is 2.58. The fourth-order valence-corrected chi connectivity index (χ4v) is 3.66. The third kappa shape index (κ3) is 3.21. The summed E-state index contributed by atoms with van der Waals surface area (Å²) in [5.74, 6) is -0.265. The molecule has 1 amide bonds. The molecule has 2 aromatic heterocycles. The number of benzene rings is 1. The van der Waals surface area contributed by atoms with Gasteiger partial charge in [-0.15, -0.1) is 0 Å². The second-order valence-electron chi connectivity index (χ2n) is 5.96. The van der Waals surface area contributed by atoms with E-state index in [4.69, 9.17) is 4.52 Å². The van der Waals surface area contributed by atoms with Gasteiger partial charge in [0.05, 0.1) is 0 Å². The molecule has 2 atom stereocenters. The molecule has 2 heterocycles. The first-order chi connectivity index (χ1) is 12.4. The Morgan fingerprint density at radius 1 is 1.27 bits per heavy atom. The minimum Gasteiger partial charge on any atom is -0.771 e. The van der Waals surface area contributed by atoms with Crippen LogP contribution >= 0.6 is 0 Å². The third-order valence-corrected chi connectivity index (χ3v) is 5.37. The number of anilines is 1. The van der Waals surface area contributed by atoms with Crippen LogP contribution in [0.15, 0.2) is 53.2 Å². The standard InChI is InChI=1S/C18H19N3O4S/c1-12-16(13(2)25-21-12)20-17(22)18(26(23)24,15-9-6-10-19-15)11-14-7-4-3-5-8-14/h3-10,19H,11H2,1-2H3,(H,20,22)(H,23,24)/p-1. The van der Waals surface area contributed by atoms with Gasteiger partial charge in [-0.25, -0.2) is 0 Å². The van der Waals surface area contributed by atoms with Crippen LogP contribution in [0.25, 0.3) is 0 Å². The molecule has 3 rings (SSSR count). The van der Waals surface area contributed by atoms with Crippen LogP contribution in [0.2, 0.25) is 0 Å². The van der Waals surface area contributed by atoms with Gasteiger partial charge < -0.3 is 19.4 Å². The molecule has 0 bridgehead atoms. The van der Waals surface area contributed by atoms with Crippen LogP contribution in [-0.4, -0.2) is 24.8 Å². The maximum absolute atomic E-state index is 13.2. The number of nitrogens with zero attached hydrogens (tertiary/aromatic N) is 1. The van der Waals surface area contributed by atoms with E-state index in [9.17, 15) is 13.6 Å². The summed E-state index contributed by atoms with van der Waals surface area (Å²) in [5, 5.41) is 6.47. The number of hydrogen-bond donors (Lipinski definition) is 2. The van der Waals surface area contributed by atoms with Crippen LogP contribution < -0.4 is 5.32 Å². The quantitative estimate of drug-likeness (QED) is 0.646. The zero-order chi connectivity index (χ0) is 18.7. The number of amides is 1. The molecular weight excluding hydrogens is 354 g/mol. The highest BCUT2D eigenvalue weighted by Gasteiger charge is 2.43. The van der Waals surface area contributed by atoms with Gasteiger partial charge >= 0.3 is 0 Å². The second kappa shape index (κ2) is 7.27. The van der Waals surface area contributed by atoms with Gasteiger partial charge in [-0.3, -0.25) is 9.00 Å². The van der Waals surface area contributed by atoms with Crippen LogP contribution in [0, 0.1) is 13.8 Å². The fourth-order valence-electron chi connectivity index (χ4n) is 2.86. The molecule has 0 saturated heterocycles. The molecule has 0 radical (unpaired) electrons. The maximum Gasteiger partial charge on any atom is 0.248 e. The fraction of sp³-hybridized carbons (Fsp3) is 0.222. The number of hydrogen-bond acceptors (Lipinski definition) is 5. The smallest absolute Gasteiger partial charge is 0.248 e. The molecular formula is C18H18N3O4S-. The molecule has 8 heteroatoms. The first-order valence-corrected chi connectivity index (χ1v) is 9.04. The second-order valence-corrected chi connectivity index (χ2v) is 7.13. The van der Waals surface area contributed by atoms with Gasteiger partial charge in [0, 0.05) is 18.3 Å². The number of aromatic nitrogens is 2. The third-order valence-electron chi connectivity index (χ3n) is 4.25. The minimum atomic E-state index is -2.74. The summed E-state index contributed by atoms with van der Waals surface area (Å²) in [4.78, 5) is 16.1. The van der Waals surface area contributed by atoms with E-state index in [1.54, 1.807) is 56.4 Å². The number of carbonyl (C=O) groups excluding carboxylic acids is 1. The summed E-state index contributed by atoms with van der Waals surface area (Å²) in [6.45, 7) is 3.32. The Hall–Kier alpha value is -2.71. The van der Waals surface area contributed by atoms with E-state index in [1.165, 1.54) is 0 Å². The summed E-state index contributed by atoms with van der Waals surface area (Å²) < 4.78 is 27.9. The lowest BCUT2D eigenvalue weighted by Gasteiger charge is -2.34. The van der Waals surface area contributed by atoms with Gasteiger partial charge in [0.15, 0.2) is 10.5 Å². The Morgan fingerprint density at radius 2 is 2.00 bits per heavy atom. The lowest BCUT2D eigenvalue weighted by Crippen LogP contribution is -2.46. The van der Waals surface area contributed by atoms with Crippen molar-refractivity contribution in [2.75, 3.05) is 5.32 Å². The molecule has 2 N–H and O–H groups in total. The van der Waals surface area contributed by atoms with Crippen molar-refractivity contribution in [2.24, 2.45) is 0 Å². The van der Waals surface area contributed by atoms with E-state index in [1.807, 2.05) is 6.07 Å². The van der Waals surface area contributed by atoms with Gasteiger partial charge in [-0.2, -0.15) is 0 Å². The lowest BCUT2D eigenvalue weighted by molar-refractivity contribution is -0.119. The maximum atomic E-state index is 13.2. The van der Waals surface area contributed by atoms with Gasteiger partial charge in [-0.05, 0) is 42.6 Å². The van der Waals surface area contributed by atoms with Crippen molar-refractivity contribution in [3.05, 3.63) is 71.4 Å². The largest absolute Gasteiger partial charge is 0.771 e. The highest BCUT2D eigenvalue weighted by atomic mass is 32.2. The highest BCUT2D eigenvalue weighted by molar-refractivity contribution is 7.81. The zero-order valence-electron chi connectivity index (χ0n) is 14.3. The van der Waals surface area contributed by atoms with Crippen molar-refractivity contribution in [1.29, 1.82) is 0 Å². The molecule has 0 aliphatic rings. The van der Waals surface area contributed by atoms with E-state index in [0.29, 0.717) is 22.8 Å². The first kappa shape index (κ1) is 18.1. The van der Waals surface area contributed by atoms with Gasteiger partial charge in [0.25, 0.3) is 0 Å². The molecule has 7 nitrogen and oxygen atoms in total. The van der Waals surface area contributed by atoms with Crippen molar-refractivity contribution in [1.82, 2.24) is 10.1 Å². The van der Waals surface area contributed by atoms with Crippen LogP contribution in [0.4, 0.5) is 5.69 Å². The average Bonchev–Trinajstić information content (AvgIpc) is 3.26. The van der Waals surface area contributed by atoms with Gasteiger partial charge in [0.1, 0.15) is 11.4 Å². The van der Waals surface area contributed by atoms with Crippen LogP contribution in [-0.2, 0) is 27.0 Å². The molecule has 136 valence electrons. The monoisotopic (exact) mass is 372 g/mol. The van der Waals surface area contributed by atoms with E-state index in [0.717, 1.165) is 5.56 Å². The molecule has 0 aliphatic carbocycles. The first-order valence-electron chi connectivity index (χ1n) is 7.96. The Labute approximate surface area is 153 Å². The van der Waals surface area contributed by atoms with Crippen molar-refractivity contribution in [3.63, 3.8) is 0 Å². The van der Waals surface area contributed by atoms with Crippen molar-refractivity contribution in [3.8, 4) is 0 Å². The summed E-state index contributed by atoms with van der Waals surface area (Å²) in [5.41, 5.74) is 1.87. The molecule has 2 unspecified atom stereocenters. The summed E-state index contributed by atoms with van der Waals surface area (Å²) in [6.07, 6.45) is 1.57. The van der Waals surface area contributed by atoms with Crippen LogP contribution in [0.3, 0.4) is 0 Å². The van der Waals surface area contributed by atoms with E-state index < -0.39 is 21.7 Å². The van der Waals surface area contributed by atoms with Gasteiger partial charge in [0.2, 0.25) is 5.91 Å². The minimum absolute atomic E-state index is 0.0142. The summed E-state index contributed by atoms with van der Waals surface area (Å²) in [6, 6.07) is 12.2. The molecule has 0 aliphatic heterocycles. The van der Waals surface area contributed by atoms with Crippen molar-refractivity contribution < 1.29 is 18.1 Å². The number of nitrogens with one attached hydrogen (secondary N) is 2. The molecule has 0 saturated carbocycles. The normalized spacial score (nSPS) is 14.6.